The van der Waals surface area contributed by atoms with Crippen molar-refractivity contribution in [3.8, 4) is 22.6 Å². The summed E-state index contributed by atoms with van der Waals surface area (Å²) in [5.41, 5.74) is 8.21. The highest BCUT2D eigenvalue weighted by atomic mass is 32.1. The van der Waals surface area contributed by atoms with E-state index in [2.05, 4.69) is 22.2 Å². The summed E-state index contributed by atoms with van der Waals surface area (Å²) in [6, 6.07) is 5.93. The van der Waals surface area contributed by atoms with Gasteiger partial charge in [0, 0.05) is 55.9 Å². The molecule has 2 amide bonds. The van der Waals surface area contributed by atoms with Crippen LogP contribution in [0.1, 0.15) is 83.7 Å². The minimum absolute atomic E-state index is 0.0180. The number of nitrogens with one attached hydrogen (secondary N) is 2. The predicted molar refractivity (Wildman–Crippen MR) is 202 cm³/mol. The van der Waals surface area contributed by atoms with Gasteiger partial charge in [0.15, 0.2) is 0 Å². The zero-order valence-corrected chi connectivity index (χ0v) is 32.5. The fraction of sp³-hybridized carbons (Fsp3) is 0.526. The molecule has 1 saturated heterocycles. The lowest BCUT2D eigenvalue weighted by Crippen LogP contribution is -2.60. The first-order valence-electron chi connectivity index (χ1n) is 17.9. The van der Waals surface area contributed by atoms with Crippen LogP contribution in [0.15, 0.2) is 35.8 Å². The Morgan fingerprint density at radius 1 is 1.13 bits per heavy atom. The third-order valence-electron chi connectivity index (χ3n) is 9.17. The van der Waals surface area contributed by atoms with Crippen molar-refractivity contribution in [1.29, 1.82) is 0 Å². The second kappa shape index (κ2) is 16.3. The Balaban J connectivity index is 1.54. The van der Waals surface area contributed by atoms with Gasteiger partial charge in [0.2, 0.25) is 0 Å². The number of aliphatic hydroxyl groups is 1. The maximum atomic E-state index is 13.8. The lowest BCUT2D eigenvalue weighted by Gasteiger charge is -2.34. The number of methoxy groups -OCH3 is 1. The van der Waals surface area contributed by atoms with E-state index < -0.39 is 41.1 Å². The first kappa shape index (κ1) is 39.8. The van der Waals surface area contributed by atoms with Crippen LogP contribution in [-0.4, -0.2) is 90.7 Å². The molecule has 15 heteroatoms. The number of carboxylic acids is 1. The second-order valence-corrected chi connectivity index (χ2v) is 16.1. The highest BCUT2D eigenvalue weighted by molar-refractivity contribution is 7.10. The van der Waals surface area contributed by atoms with Crippen molar-refractivity contribution in [2.45, 2.75) is 104 Å². The minimum atomic E-state index is -1.07. The van der Waals surface area contributed by atoms with E-state index >= 15 is 0 Å². The standard InChI is InChI=1S/C38H51N7O7S/c1-9-44-29-15-14-25(41-32(29)24(19-38(6,7)21-46)33(44)23-12-10-16-39-31(23)22(2)51-8)28-20-53-30(40-28)18-27(42-36(50)52-37(3,4)5)34(47)45-17-11-13-26(43-45)35(48)49/h10,12,14-16,20,22,26-27,43,46H,9,11,13,17-19,21H2,1-8H3,(H,42,50)(H,48,49)/t22-,26?,27-/m0/s1. The van der Waals surface area contributed by atoms with Gasteiger partial charge in [-0.3, -0.25) is 19.6 Å². The Hall–Kier alpha value is -4.44. The van der Waals surface area contributed by atoms with Crippen LogP contribution in [0.5, 0.6) is 0 Å². The number of aryl methyl sites for hydroxylation is 1. The molecule has 4 aromatic heterocycles. The van der Waals surface area contributed by atoms with Gasteiger partial charge in [0.1, 0.15) is 17.7 Å². The number of carbonyl (C=O) groups is 3. The van der Waals surface area contributed by atoms with E-state index in [0.29, 0.717) is 48.7 Å². The average molecular weight is 750 g/mol. The van der Waals surface area contributed by atoms with Crippen LogP contribution in [0.25, 0.3) is 33.7 Å². The summed E-state index contributed by atoms with van der Waals surface area (Å²) in [6.45, 7) is 14.2. The van der Waals surface area contributed by atoms with Crippen LogP contribution in [0.2, 0.25) is 0 Å². The largest absolute Gasteiger partial charge is 0.480 e. The zero-order chi connectivity index (χ0) is 38.7. The minimum Gasteiger partial charge on any atom is -0.480 e. The molecule has 5 heterocycles. The Labute approximate surface area is 313 Å². The summed E-state index contributed by atoms with van der Waals surface area (Å²) in [4.78, 5) is 53.1. The molecule has 1 aliphatic rings. The number of hydrogen-bond acceptors (Lipinski definition) is 11. The zero-order valence-electron chi connectivity index (χ0n) is 31.7. The number of thiazole rings is 1. The molecule has 286 valence electrons. The van der Waals surface area contributed by atoms with Crippen LogP contribution >= 0.6 is 11.3 Å². The topological polar surface area (TPSA) is 181 Å². The number of rotatable bonds is 13. The molecule has 0 aliphatic carbocycles. The number of nitrogens with zero attached hydrogens (tertiary/aromatic N) is 5. The summed E-state index contributed by atoms with van der Waals surface area (Å²) in [5, 5.41) is 26.3. The van der Waals surface area contributed by atoms with Crippen LogP contribution < -0.4 is 10.7 Å². The number of fused-ring (bicyclic) bond motifs is 1. The van der Waals surface area contributed by atoms with E-state index in [1.165, 1.54) is 16.3 Å². The third kappa shape index (κ3) is 9.21. The fourth-order valence-corrected chi connectivity index (χ4v) is 7.31. The quantitative estimate of drug-likeness (QED) is 0.135. The van der Waals surface area contributed by atoms with E-state index in [4.69, 9.17) is 24.4 Å². The molecule has 1 fully saturated rings. The van der Waals surface area contributed by atoms with E-state index in [1.54, 1.807) is 34.1 Å². The van der Waals surface area contributed by atoms with Gasteiger partial charge in [0.05, 0.1) is 44.9 Å². The lowest BCUT2D eigenvalue weighted by atomic mass is 9.85. The molecule has 0 saturated carbocycles. The first-order chi connectivity index (χ1) is 25.1. The van der Waals surface area contributed by atoms with Gasteiger partial charge in [-0.2, -0.15) is 0 Å². The number of pyridine rings is 2. The summed E-state index contributed by atoms with van der Waals surface area (Å²) in [7, 11) is 1.66. The molecule has 5 rings (SSSR count). The fourth-order valence-electron chi connectivity index (χ4n) is 6.48. The number of aliphatic carboxylic acids is 1. The SMILES string of the molecule is CCn1c(-c2cccnc2[C@H](C)OC)c(CC(C)(C)CO)c2nc(-c3csc(C[C@H](NC(=O)OC(C)(C)C)C(=O)N4CCCC(C(=O)O)N4)n3)ccc21. The molecule has 0 aromatic carbocycles. The van der Waals surface area contributed by atoms with Crippen molar-refractivity contribution in [2.75, 3.05) is 20.3 Å². The normalized spacial score (nSPS) is 16.4. The molecule has 1 unspecified atom stereocenters. The number of carbonyl (C=O) groups excluding carboxylic acids is 2. The summed E-state index contributed by atoms with van der Waals surface area (Å²) >= 11 is 1.33. The number of hydrazine groups is 1. The Morgan fingerprint density at radius 2 is 1.89 bits per heavy atom. The van der Waals surface area contributed by atoms with Crippen molar-refractivity contribution in [1.82, 2.24) is 35.3 Å². The highest BCUT2D eigenvalue weighted by Gasteiger charge is 2.34. The van der Waals surface area contributed by atoms with Gasteiger partial charge in [0.25, 0.3) is 5.91 Å². The Morgan fingerprint density at radius 3 is 2.55 bits per heavy atom. The van der Waals surface area contributed by atoms with Gasteiger partial charge in [-0.1, -0.05) is 13.8 Å². The molecule has 0 bridgehead atoms. The first-order valence-corrected chi connectivity index (χ1v) is 18.8. The number of hydrogen-bond donors (Lipinski definition) is 4. The van der Waals surface area contributed by atoms with Gasteiger partial charge in [-0.05, 0) is 83.6 Å². The van der Waals surface area contributed by atoms with Crippen LogP contribution in [0.4, 0.5) is 4.79 Å². The van der Waals surface area contributed by atoms with Crippen molar-refractivity contribution in [3.63, 3.8) is 0 Å². The van der Waals surface area contributed by atoms with E-state index in [9.17, 15) is 24.6 Å². The summed E-state index contributed by atoms with van der Waals surface area (Å²) in [5.74, 6) is -1.54. The molecule has 53 heavy (non-hydrogen) atoms. The van der Waals surface area contributed by atoms with Crippen LogP contribution in [-0.2, 0) is 38.4 Å². The van der Waals surface area contributed by atoms with Crippen molar-refractivity contribution in [2.24, 2.45) is 5.41 Å². The Bertz CT molecular complexity index is 1950. The van der Waals surface area contributed by atoms with E-state index in [-0.39, 0.29) is 19.1 Å². The summed E-state index contributed by atoms with van der Waals surface area (Å²) in [6.07, 6.45) is 2.22. The number of amides is 2. The molecule has 0 spiro atoms. The highest BCUT2D eigenvalue weighted by Crippen LogP contribution is 2.40. The number of aromatic nitrogens is 4. The molecular formula is C38H51N7O7S. The molecule has 3 atom stereocenters. The average Bonchev–Trinajstić information content (AvgIpc) is 3.71. The monoisotopic (exact) mass is 749 g/mol. The second-order valence-electron chi connectivity index (χ2n) is 15.1. The molecular weight excluding hydrogens is 699 g/mol. The summed E-state index contributed by atoms with van der Waals surface area (Å²) < 4.78 is 13.4. The van der Waals surface area contributed by atoms with Crippen molar-refractivity contribution in [3.05, 3.63) is 52.1 Å². The van der Waals surface area contributed by atoms with Crippen LogP contribution in [0, 0.1) is 5.41 Å². The van der Waals surface area contributed by atoms with Gasteiger partial charge >= 0.3 is 12.1 Å². The third-order valence-corrected chi connectivity index (χ3v) is 10.0. The van der Waals surface area contributed by atoms with E-state index in [0.717, 1.165) is 33.5 Å². The van der Waals surface area contributed by atoms with E-state index in [1.807, 2.05) is 50.4 Å². The smallest absolute Gasteiger partial charge is 0.408 e. The van der Waals surface area contributed by atoms with Crippen molar-refractivity contribution >= 4 is 40.3 Å². The Kier molecular flexibility index (Phi) is 12.2. The maximum absolute atomic E-state index is 13.8. The lowest BCUT2D eigenvalue weighted by molar-refractivity contribution is -0.147. The molecule has 14 nitrogen and oxygen atoms in total. The maximum Gasteiger partial charge on any atom is 0.408 e. The number of carboxylic acid groups (broad SMARTS) is 1. The number of aliphatic hydroxyl groups excluding tert-OH is 1. The molecule has 4 N–H and O–H groups in total. The predicted octanol–water partition coefficient (Wildman–Crippen LogP) is 5.53. The molecule has 1 aliphatic heterocycles. The van der Waals surface area contributed by atoms with Gasteiger partial charge in [-0.25, -0.2) is 20.2 Å². The number of alkyl carbamates (subject to hydrolysis) is 1. The number of ether oxygens (including phenoxy) is 2. The van der Waals surface area contributed by atoms with Crippen molar-refractivity contribution < 1.29 is 34.1 Å². The van der Waals surface area contributed by atoms with Gasteiger partial charge in [-0.15, -0.1) is 11.3 Å². The molecule has 0 radical (unpaired) electrons. The van der Waals surface area contributed by atoms with Crippen LogP contribution in [0.3, 0.4) is 0 Å². The molecule has 4 aromatic rings. The van der Waals surface area contributed by atoms with Gasteiger partial charge < -0.3 is 29.6 Å².